The molecule has 0 radical (unpaired) electrons. The van der Waals surface area contributed by atoms with Gasteiger partial charge in [0.2, 0.25) is 20.0 Å². The number of carbonyl (C=O) groups excluding carboxylic acids is 1. The predicted octanol–water partition coefficient (Wildman–Crippen LogP) is 1.24. The van der Waals surface area contributed by atoms with Gasteiger partial charge in [-0.25, -0.2) is 22.0 Å². The van der Waals surface area contributed by atoms with Crippen molar-refractivity contribution < 1.29 is 21.6 Å². The van der Waals surface area contributed by atoms with E-state index in [2.05, 4.69) is 0 Å². The number of benzene rings is 1. The van der Waals surface area contributed by atoms with Crippen LogP contribution in [0, 0.1) is 6.92 Å². The summed E-state index contributed by atoms with van der Waals surface area (Å²) in [6.07, 6.45) is 0.451. The van der Waals surface area contributed by atoms with E-state index in [1.54, 1.807) is 24.3 Å². The largest absolute Gasteiger partial charge is 0.337 e. The van der Waals surface area contributed by atoms with Gasteiger partial charge < -0.3 is 4.90 Å². The van der Waals surface area contributed by atoms with Gasteiger partial charge >= 0.3 is 0 Å². The third-order valence-corrected chi connectivity index (χ3v) is 8.43. The smallest absolute Gasteiger partial charge is 0.265 e. The van der Waals surface area contributed by atoms with Gasteiger partial charge in [-0.3, -0.25) is 4.79 Å². The second kappa shape index (κ2) is 7.91. The van der Waals surface area contributed by atoms with Crippen molar-refractivity contribution in [3.63, 3.8) is 0 Å². The Balaban J connectivity index is 1.78. The van der Waals surface area contributed by atoms with Gasteiger partial charge in [0.1, 0.15) is 9.77 Å². The van der Waals surface area contributed by atoms with Crippen molar-refractivity contribution in [3.05, 3.63) is 46.2 Å². The maximum atomic E-state index is 12.9. The van der Waals surface area contributed by atoms with Crippen LogP contribution in [0.3, 0.4) is 0 Å². The third kappa shape index (κ3) is 4.28. The highest BCUT2D eigenvalue weighted by molar-refractivity contribution is 7.89. The van der Waals surface area contributed by atoms with Gasteiger partial charge in [-0.05, 0) is 36.9 Å². The molecule has 0 saturated carbocycles. The monoisotopic (exact) mass is 443 g/mol. The second-order valence-electron chi connectivity index (χ2n) is 6.52. The minimum Gasteiger partial charge on any atom is -0.337 e. The molecule has 1 aliphatic heterocycles. The summed E-state index contributed by atoms with van der Waals surface area (Å²) < 4.78 is 50.4. The molecule has 152 valence electrons. The quantitative estimate of drug-likeness (QED) is 0.763. The molecule has 2 aromatic rings. The lowest BCUT2D eigenvalue weighted by atomic mass is 10.2. The fourth-order valence-corrected chi connectivity index (χ4v) is 6.42. The predicted molar refractivity (Wildman–Crippen MR) is 106 cm³/mol. The lowest BCUT2D eigenvalue weighted by molar-refractivity contribution is 0.0765. The number of nitrogens with zero attached hydrogens (tertiary/aromatic N) is 2. The first-order valence-corrected chi connectivity index (χ1v) is 12.4. The molecule has 0 bridgehead atoms. The van der Waals surface area contributed by atoms with Crippen molar-refractivity contribution >= 4 is 37.3 Å². The van der Waals surface area contributed by atoms with Crippen LogP contribution in [-0.4, -0.2) is 58.1 Å². The fraction of sp³-hybridized carbons (Fsp3) is 0.353. The van der Waals surface area contributed by atoms with E-state index in [0.29, 0.717) is 13.0 Å². The molecule has 1 aromatic heterocycles. The molecule has 1 amide bonds. The van der Waals surface area contributed by atoms with Crippen molar-refractivity contribution in [2.75, 3.05) is 26.2 Å². The molecule has 0 unspecified atom stereocenters. The number of aryl methyl sites for hydroxylation is 1. The minimum atomic E-state index is -4.00. The summed E-state index contributed by atoms with van der Waals surface area (Å²) in [5.41, 5.74) is 0.966. The van der Waals surface area contributed by atoms with Crippen LogP contribution in [0.25, 0.3) is 0 Å². The number of nitrogens with two attached hydrogens (primary N) is 1. The summed E-state index contributed by atoms with van der Waals surface area (Å²) in [6.45, 7) is 2.81. The number of hydrogen-bond acceptors (Lipinski definition) is 6. The van der Waals surface area contributed by atoms with Gasteiger partial charge in [-0.15, -0.1) is 11.3 Å². The molecule has 2 heterocycles. The maximum Gasteiger partial charge on any atom is 0.265 e. The Morgan fingerprint density at radius 2 is 1.68 bits per heavy atom. The van der Waals surface area contributed by atoms with E-state index in [-0.39, 0.29) is 34.3 Å². The summed E-state index contributed by atoms with van der Waals surface area (Å²) in [5, 5.41) is 6.67. The number of thiophene rings is 1. The standard InChI is InChI=1S/C17H21N3O5S3/c1-13-3-5-14(6-4-13)28(24,25)20-9-2-8-19(10-11-20)17(21)16-15(7-12-26-16)27(18,22)23/h3-7,12H,2,8-11H2,1H3,(H2,18,22,23). The lowest BCUT2D eigenvalue weighted by Gasteiger charge is -2.22. The number of sulfonamides is 2. The van der Waals surface area contributed by atoms with Gasteiger partial charge in [0.15, 0.2) is 0 Å². The van der Waals surface area contributed by atoms with Crippen molar-refractivity contribution in [2.45, 2.75) is 23.1 Å². The molecule has 28 heavy (non-hydrogen) atoms. The van der Waals surface area contributed by atoms with E-state index in [0.717, 1.165) is 16.9 Å². The molecule has 8 nitrogen and oxygen atoms in total. The normalized spacial score (nSPS) is 16.7. The van der Waals surface area contributed by atoms with E-state index in [1.165, 1.54) is 20.7 Å². The van der Waals surface area contributed by atoms with Gasteiger partial charge in [0.25, 0.3) is 5.91 Å². The third-order valence-electron chi connectivity index (χ3n) is 4.53. The highest BCUT2D eigenvalue weighted by atomic mass is 32.2. The van der Waals surface area contributed by atoms with Crippen LogP contribution in [0.4, 0.5) is 0 Å². The molecule has 3 rings (SSSR count). The molecule has 1 aliphatic rings. The number of hydrogen-bond donors (Lipinski definition) is 1. The summed E-state index contributed by atoms with van der Waals surface area (Å²) in [6, 6.07) is 7.93. The minimum absolute atomic E-state index is 0.0531. The topological polar surface area (TPSA) is 118 Å². The molecular formula is C17H21N3O5S3. The van der Waals surface area contributed by atoms with Crippen LogP contribution >= 0.6 is 11.3 Å². The van der Waals surface area contributed by atoms with E-state index in [4.69, 9.17) is 5.14 Å². The Morgan fingerprint density at radius 1 is 1.00 bits per heavy atom. The highest BCUT2D eigenvalue weighted by Crippen LogP contribution is 2.24. The molecule has 2 N–H and O–H groups in total. The molecule has 1 saturated heterocycles. The van der Waals surface area contributed by atoms with Crippen molar-refractivity contribution in [2.24, 2.45) is 5.14 Å². The highest BCUT2D eigenvalue weighted by Gasteiger charge is 2.30. The Morgan fingerprint density at radius 3 is 2.32 bits per heavy atom. The molecular weight excluding hydrogens is 422 g/mol. The number of rotatable bonds is 4. The average Bonchev–Trinajstić information content (AvgIpc) is 2.99. The van der Waals surface area contributed by atoms with E-state index in [9.17, 15) is 21.6 Å². The Hall–Kier alpha value is -1.79. The second-order valence-corrected chi connectivity index (χ2v) is 10.9. The van der Waals surface area contributed by atoms with Crippen LogP contribution in [0.15, 0.2) is 45.5 Å². The molecule has 0 spiro atoms. The van der Waals surface area contributed by atoms with E-state index < -0.39 is 26.0 Å². The number of carbonyl (C=O) groups is 1. The maximum absolute atomic E-state index is 12.9. The van der Waals surface area contributed by atoms with Crippen molar-refractivity contribution in [3.8, 4) is 0 Å². The molecule has 0 aliphatic carbocycles. The first-order chi connectivity index (χ1) is 13.1. The van der Waals surface area contributed by atoms with Gasteiger partial charge in [0, 0.05) is 26.2 Å². The Labute approximate surface area is 168 Å². The first-order valence-electron chi connectivity index (χ1n) is 8.57. The van der Waals surface area contributed by atoms with Crippen molar-refractivity contribution in [1.29, 1.82) is 0 Å². The zero-order valence-corrected chi connectivity index (χ0v) is 17.7. The molecule has 1 aromatic carbocycles. The summed E-state index contributed by atoms with van der Waals surface area (Å²) in [7, 11) is -7.65. The molecule has 1 fully saturated rings. The fourth-order valence-electron chi connectivity index (χ4n) is 3.02. The summed E-state index contributed by atoms with van der Waals surface area (Å²) in [4.78, 5) is 14.3. The van der Waals surface area contributed by atoms with Crippen LogP contribution < -0.4 is 5.14 Å². The lowest BCUT2D eigenvalue weighted by Crippen LogP contribution is -2.37. The number of primary sulfonamides is 1. The van der Waals surface area contributed by atoms with Gasteiger partial charge in [-0.2, -0.15) is 4.31 Å². The summed E-state index contributed by atoms with van der Waals surface area (Å²) in [5.74, 6) is -0.450. The van der Waals surface area contributed by atoms with Crippen LogP contribution in [0.1, 0.15) is 21.7 Å². The SMILES string of the molecule is Cc1ccc(S(=O)(=O)N2CCCN(C(=O)c3sccc3S(N)(=O)=O)CC2)cc1. The molecule has 0 atom stereocenters. The zero-order chi connectivity index (χ0) is 20.5. The first kappa shape index (κ1) is 20.9. The number of amides is 1. The zero-order valence-electron chi connectivity index (χ0n) is 15.2. The Kier molecular flexibility index (Phi) is 5.92. The van der Waals surface area contributed by atoms with Gasteiger partial charge in [-0.1, -0.05) is 17.7 Å². The van der Waals surface area contributed by atoms with E-state index >= 15 is 0 Å². The van der Waals surface area contributed by atoms with Crippen molar-refractivity contribution in [1.82, 2.24) is 9.21 Å². The van der Waals surface area contributed by atoms with Gasteiger partial charge in [0.05, 0.1) is 4.90 Å². The Bertz CT molecular complexity index is 1080. The molecule has 11 heteroatoms. The van der Waals surface area contributed by atoms with Crippen LogP contribution in [0.2, 0.25) is 0 Å². The van der Waals surface area contributed by atoms with Crippen LogP contribution in [-0.2, 0) is 20.0 Å². The summed E-state index contributed by atoms with van der Waals surface area (Å²) >= 11 is 1.01. The average molecular weight is 444 g/mol. The van der Waals surface area contributed by atoms with E-state index in [1.807, 2.05) is 6.92 Å². The van der Waals surface area contributed by atoms with Crippen LogP contribution in [0.5, 0.6) is 0 Å².